The molecule has 0 aromatic heterocycles. The van der Waals surface area contributed by atoms with E-state index in [1.165, 1.54) is 0 Å². The van der Waals surface area contributed by atoms with Gasteiger partial charge >= 0.3 is 0 Å². The highest BCUT2D eigenvalue weighted by atomic mass is 32.2. The molecule has 0 aliphatic rings. The highest BCUT2D eigenvalue weighted by Gasteiger charge is 2.18. The molecule has 0 fully saturated rings. The maximum atomic E-state index is 12.2. The summed E-state index contributed by atoms with van der Waals surface area (Å²) in [6.07, 6.45) is -1.05. The summed E-state index contributed by atoms with van der Waals surface area (Å²) in [5, 5.41) is 9.94. The molecule has 0 bridgehead atoms. The van der Waals surface area contributed by atoms with E-state index in [1.807, 2.05) is 43.3 Å². The maximum absolute atomic E-state index is 12.2. The Kier molecular flexibility index (Phi) is 6.99. The highest BCUT2D eigenvalue weighted by Crippen LogP contribution is 2.13. The minimum atomic E-state index is -3.40. The molecule has 5 nitrogen and oxygen atoms in total. The van der Waals surface area contributed by atoms with Crippen molar-refractivity contribution in [3.63, 3.8) is 0 Å². The molecule has 2 aromatic rings. The first-order valence-corrected chi connectivity index (χ1v) is 9.85. The molecule has 0 saturated heterocycles. The Balaban J connectivity index is 1.78. The summed E-state index contributed by atoms with van der Waals surface area (Å²) in [4.78, 5) is 0. The zero-order chi connectivity index (χ0) is 18.3. The molecular formula is C19H24O5S. The molecule has 0 aliphatic carbocycles. The van der Waals surface area contributed by atoms with Crippen LogP contribution in [0.1, 0.15) is 16.7 Å². The van der Waals surface area contributed by atoms with Gasteiger partial charge in [-0.3, -0.25) is 0 Å². The third-order valence-corrected chi connectivity index (χ3v) is 5.36. The van der Waals surface area contributed by atoms with Crippen LogP contribution in [-0.2, 0) is 26.9 Å². The zero-order valence-corrected chi connectivity index (χ0v) is 15.3. The van der Waals surface area contributed by atoms with Crippen molar-refractivity contribution in [1.29, 1.82) is 0 Å². The number of rotatable bonds is 9. The lowest BCUT2D eigenvalue weighted by Gasteiger charge is -2.12. The van der Waals surface area contributed by atoms with Gasteiger partial charge in [0.2, 0.25) is 0 Å². The predicted molar refractivity (Wildman–Crippen MR) is 97.3 cm³/mol. The Labute approximate surface area is 149 Å². The fraction of sp³-hybridized carbons (Fsp3) is 0.368. The quantitative estimate of drug-likeness (QED) is 0.740. The Morgan fingerprint density at radius 2 is 1.60 bits per heavy atom. The predicted octanol–water partition coefficient (Wildman–Crippen LogP) is 2.50. The molecule has 25 heavy (non-hydrogen) atoms. The van der Waals surface area contributed by atoms with Crippen LogP contribution in [0.2, 0.25) is 0 Å². The van der Waals surface area contributed by atoms with Crippen LogP contribution in [0.4, 0.5) is 0 Å². The lowest BCUT2D eigenvalue weighted by Crippen LogP contribution is -2.26. The van der Waals surface area contributed by atoms with Crippen molar-refractivity contribution in [3.8, 4) is 5.75 Å². The average Bonchev–Trinajstić information content (AvgIpc) is 2.57. The first kappa shape index (κ1) is 19.4. The Hall–Kier alpha value is -1.89. The SMILES string of the molecule is COc1ccc(COCC(O)CS(=O)(=O)Cc2ccc(C)cc2)cc1. The van der Waals surface area contributed by atoms with Crippen molar-refractivity contribution in [2.45, 2.75) is 25.4 Å². The standard InChI is InChI=1S/C19H24O5S/c1-15-3-5-17(6-4-15)13-25(21,22)14-18(20)12-24-11-16-7-9-19(23-2)10-8-16/h3-10,18,20H,11-14H2,1-2H3. The Morgan fingerprint density at radius 3 is 2.20 bits per heavy atom. The van der Waals surface area contributed by atoms with Gasteiger partial charge < -0.3 is 14.6 Å². The van der Waals surface area contributed by atoms with Gasteiger partial charge in [0.1, 0.15) is 5.75 Å². The van der Waals surface area contributed by atoms with Crippen molar-refractivity contribution in [2.75, 3.05) is 19.5 Å². The molecule has 1 atom stereocenters. The van der Waals surface area contributed by atoms with E-state index in [-0.39, 0.29) is 18.1 Å². The van der Waals surface area contributed by atoms with E-state index < -0.39 is 15.9 Å². The van der Waals surface area contributed by atoms with Crippen LogP contribution in [0, 0.1) is 6.92 Å². The van der Waals surface area contributed by atoms with Crippen molar-refractivity contribution in [3.05, 3.63) is 65.2 Å². The molecule has 1 N–H and O–H groups in total. The van der Waals surface area contributed by atoms with Crippen LogP contribution < -0.4 is 4.74 Å². The molecule has 1 unspecified atom stereocenters. The topological polar surface area (TPSA) is 72.8 Å². The van der Waals surface area contributed by atoms with E-state index in [9.17, 15) is 13.5 Å². The fourth-order valence-corrected chi connectivity index (χ4v) is 3.87. The van der Waals surface area contributed by atoms with Gasteiger partial charge in [0.15, 0.2) is 9.84 Å². The summed E-state index contributed by atoms with van der Waals surface area (Å²) in [5.41, 5.74) is 2.72. The molecular weight excluding hydrogens is 340 g/mol. The fourth-order valence-electron chi connectivity index (χ4n) is 2.37. The van der Waals surface area contributed by atoms with Gasteiger partial charge in [-0.05, 0) is 30.2 Å². The third kappa shape index (κ3) is 6.86. The van der Waals surface area contributed by atoms with Crippen molar-refractivity contribution in [2.24, 2.45) is 0 Å². The molecule has 2 aromatic carbocycles. The number of ether oxygens (including phenoxy) is 2. The Morgan fingerprint density at radius 1 is 1.00 bits per heavy atom. The van der Waals surface area contributed by atoms with E-state index in [2.05, 4.69) is 0 Å². The lowest BCUT2D eigenvalue weighted by atomic mass is 10.2. The number of aliphatic hydroxyl groups is 1. The maximum Gasteiger partial charge on any atom is 0.157 e. The van der Waals surface area contributed by atoms with Gasteiger partial charge in [0.05, 0.1) is 37.9 Å². The first-order chi connectivity index (χ1) is 11.9. The smallest absolute Gasteiger partial charge is 0.157 e. The van der Waals surface area contributed by atoms with Crippen LogP contribution >= 0.6 is 0 Å². The van der Waals surface area contributed by atoms with Gasteiger partial charge in [-0.2, -0.15) is 0 Å². The molecule has 0 heterocycles. The number of methoxy groups -OCH3 is 1. The summed E-state index contributed by atoms with van der Waals surface area (Å²) in [6.45, 7) is 2.22. The Bertz CT molecular complexity index is 751. The normalized spacial score (nSPS) is 12.8. The molecule has 0 saturated carbocycles. The number of sulfone groups is 1. The van der Waals surface area contributed by atoms with Crippen LogP contribution in [0.25, 0.3) is 0 Å². The van der Waals surface area contributed by atoms with Gasteiger partial charge in [0, 0.05) is 0 Å². The van der Waals surface area contributed by atoms with E-state index in [0.717, 1.165) is 22.4 Å². The average molecular weight is 364 g/mol. The summed E-state index contributed by atoms with van der Waals surface area (Å²) in [7, 11) is -1.80. The van der Waals surface area contributed by atoms with E-state index in [1.54, 1.807) is 19.2 Å². The van der Waals surface area contributed by atoms with E-state index in [4.69, 9.17) is 9.47 Å². The van der Waals surface area contributed by atoms with Crippen molar-refractivity contribution >= 4 is 9.84 Å². The van der Waals surface area contributed by atoms with Crippen LogP contribution in [0.3, 0.4) is 0 Å². The molecule has 136 valence electrons. The monoisotopic (exact) mass is 364 g/mol. The van der Waals surface area contributed by atoms with Gasteiger partial charge in [-0.15, -0.1) is 0 Å². The minimum Gasteiger partial charge on any atom is -0.497 e. The largest absolute Gasteiger partial charge is 0.497 e. The van der Waals surface area contributed by atoms with E-state index >= 15 is 0 Å². The molecule has 0 spiro atoms. The second-order valence-corrected chi connectivity index (χ2v) is 8.17. The van der Waals surface area contributed by atoms with Gasteiger partial charge in [-0.25, -0.2) is 8.42 Å². The highest BCUT2D eigenvalue weighted by molar-refractivity contribution is 7.90. The van der Waals surface area contributed by atoms with Crippen LogP contribution in [0.5, 0.6) is 5.75 Å². The number of aliphatic hydroxyl groups excluding tert-OH is 1. The van der Waals surface area contributed by atoms with Crippen LogP contribution in [0.15, 0.2) is 48.5 Å². The van der Waals surface area contributed by atoms with Crippen molar-refractivity contribution in [1.82, 2.24) is 0 Å². The molecule has 2 rings (SSSR count). The summed E-state index contributed by atoms with van der Waals surface area (Å²) in [5.74, 6) is 0.359. The van der Waals surface area contributed by atoms with E-state index in [0.29, 0.717) is 6.61 Å². The molecule has 0 amide bonds. The number of hydrogen-bond acceptors (Lipinski definition) is 5. The second-order valence-electron chi connectivity index (χ2n) is 6.06. The van der Waals surface area contributed by atoms with Crippen molar-refractivity contribution < 1.29 is 23.0 Å². The summed E-state index contributed by atoms with van der Waals surface area (Å²) < 4.78 is 34.8. The molecule has 0 radical (unpaired) electrons. The molecule has 6 heteroatoms. The zero-order valence-electron chi connectivity index (χ0n) is 14.5. The van der Waals surface area contributed by atoms with Gasteiger partial charge in [0.25, 0.3) is 0 Å². The summed E-state index contributed by atoms with van der Waals surface area (Å²) in [6, 6.07) is 14.7. The second kappa shape index (κ2) is 8.99. The third-order valence-electron chi connectivity index (χ3n) is 3.69. The first-order valence-electron chi connectivity index (χ1n) is 8.02. The number of aryl methyl sites for hydroxylation is 1. The molecule has 0 aliphatic heterocycles. The van der Waals surface area contributed by atoms with Crippen LogP contribution in [-0.4, -0.2) is 39.1 Å². The summed E-state index contributed by atoms with van der Waals surface area (Å²) >= 11 is 0. The number of benzene rings is 2. The minimum absolute atomic E-state index is 0.0286. The number of hydrogen-bond donors (Lipinski definition) is 1. The van der Waals surface area contributed by atoms with Gasteiger partial charge in [-0.1, -0.05) is 42.0 Å². The lowest BCUT2D eigenvalue weighted by molar-refractivity contribution is 0.0390.